The summed E-state index contributed by atoms with van der Waals surface area (Å²) in [4.78, 5) is 12.1. The lowest BCUT2D eigenvalue weighted by atomic mass is 9.92. The van der Waals surface area contributed by atoms with Gasteiger partial charge in [0.1, 0.15) is 11.3 Å². The van der Waals surface area contributed by atoms with Gasteiger partial charge < -0.3 is 10.1 Å². The highest BCUT2D eigenvalue weighted by Crippen LogP contribution is 2.26. The van der Waals surface area contributed by atoms with Gasteiger partial charge in [-0.25, -0.2) is 4.79 Å². The number of carbonyl (C=O) groups is 1. The smallest absolute Gasteiger partial charge is 0.357 e. The summed E-state index contributed by atoms with van der Waals surface area (Å²) in [6.07, 6.45) is 3.96. The highest BCUT2D eigenvalue weighted by molar-refractivity contribution is 5.89. The summed E-state index contributed by atoms with van der Waals surface area (Å²) in [5.41, 5.74) is 0.986. The van der Waals surface area contributed by atoms with E-state index in [4.69, 9.17) is 4.74 Å². The lowest BCUT2D eigenvalue weighted by Gasteiger charge is -2.23. The molecule has 1 aliphatic rings. The van der Waals surface area contributed by atoms with Gasteiger partial charge >= 0.3 is 5.97 Å². The van der Waals surface area contributed by atoms with Crippen LogP contribution in [0, 0.1) is 0 Å². The minimum Gasteiger partial charge on any atom is -0.455 e. The standard InChI is InChI=1S/C13H21N3O2/c1-13(2,3)18-12(17)11-10(8-15-16-11)9-5-4-6-14-7-9/h8-9,14H,4-7H2,1-3H3,(H,15,16). The van der Waals surface area contributed by atoms with Crippen molar-refractivity contribution in [2.24, 2.45) is 0 Å². The highest BCUT2D eigenvalue weighted by Gasteiger charge is 2.26. The molecule has 0 bridgehead atoms. The van der Waals surface area contributed by atoms with Gasteiger partial charge in [-0.05, 0) is 40.2 Å². The van der Waals surface area contributed by atoms with Gasteiger partial charge in [-0.1, -0.05) is 0 Å². The first-order valence-electron chi connectivity index (χ1n) is 6.45. The average Bonchev–Trinajstić information content (AvgIpc) is 2.76. The fraction of sp³-hybridized carbons (Fsp3) is 0.692. The summed E-state index contributed by atoms with van der Waals surface area (Å²) in [7, 11) is 0. The van der Waals surface area contributed by atoms with Crippen molar-refractivity contribution in [2.75, 3.05) is 13.1 Å². The zero-order valence-electron chi connectivity index (χ0n) is 11.2. The van der Waals surface area contributed by atoms with E-state index in [2.05, 4.69) is 15.5 Å². The quantitative estimate of drug-likeness (QED) is 0.787. The summed E-state index contributed by atoms with van der Waals surface area (Å²) in [6, 6.07) is 0. The van der Waals surface area contributed by atoms with E-state index in [-0.39, 0.29) is 5.97 Å². The van der Waals surface area contributed by atoms with Crippen molar-refractivity contribution in [2.45, 2.75) is 45.1 Å². The molecule has 0 saturated carbocycles. The van der Waals surface area contributed by atoms with E-state index in [0.717, 1.165) is 31.5 Å². The Kier molecular flexibility index (Phi) is 3.71. The van der Waals surface area contributed by atoms with Crippen molar-refractivity contribution >= 4 is 5.97 Å². The van der Waals surface area contributed by atoms with Gasteiger partial charge in [-0.2, -0.15) is 5.10 Å². The molecule has 0 radical (unpaired) electrons. The molecule has 1 aliphatic heterocycles. The van der Waals surface area contributed by atoms with Gasteiger partial charge in [0.2, 0.25) is 0 Å². The number of H-pyrrole nitrogens is 1. The molecular formula is C13H21N3O2. The SMILES string of the molecule is CC(C)(C)OC(=O)c1[nH]ncc1C1CCCNC1. The Balaban J connectivity index is 2.14. The van der Waals surface area contributed by atoms with Crippen LogP contribution in [0.4, 0.5) is 0 Å². The molecule has 0 amide bonds. The molecule has 1 saturated heterocycles. The molecule has 5 heteroatoms. The van der Waals surface area contributed by atoms with Gasteiger partial charge in [0.05, 0.1) is 6.20 Å². The molecule has 100 valence electrons. The van der Waals surface area contributed by atoms with E-state index in [1.807, 2.05) is 20.8 Å². The van der Waals surface area contributed by atoms with Crippen molar-refractivity contribution in [1.29, 1.82) is 0 Å². The largest absolute Gasteiger partial charge is 0.455 e. The summed E-state index contributed by atoms with van der Waals surface area (Å²) >= 11 is 0. The van der Waals surface area contributed by atoms with Crippen LogP contribution < -0.4 is 5.32 Å². The summed E-state index contributed by atoms with van der Waals surface area (Å²) in [5.74, 6) is 0.0283. The topological polar surface area (TPSA) is 67.0 Å². The second kappa shape index (κ2) is 5.10. The molecule has 0 aromatic carbocycles. The van der Waals surface area contributed by atoms with Gasteiger partial charge in [0.25, 0.3) is 0 Å². The molecule has 18 heavy (non-hydrogen) atoms. The first-order valence-corrected chi connectivity index (χ1v) is 6.45. The maximum absolute atomic E-state index is 12.1. The zero-order valence-corrected chi connectivity index (χ0v) is 11.2. The van der Waals surface area contributed by atoms with Crippen molar-refractivity contribution in [3.63, 3.8) is 0 Å². The molecule has 2 rings (SSSR count). The Bertz CT molecular complexity index is 414. The molecule has 1 aromatic heterocycles. The molecule has 1 atom stereocenters. The maximum Gasteiger partial charge on any atom is 0.357 e. The van der Waals surface area contributed by atoms with E-state index in [1.54, 1.807) is 6.20 Å². The molecule has 0 spiro atoms. The van der Waals surface area contributed by atoms with Crippen LogP contribution in [0.2, 0.25) is 0 Å². The highest BCUT2D eigenvalue weighted by atomic mass is 16.6. The van der Waals surface area contributed by atoms with Crippen LogP contribution in [0.1, 0.15) is 55.6 Å². The minimum absolute atomic E-state index is 0.319. The number of ether oxygens (including phenoxy) is 1. The maximum atomic E-state index is 12.1. The number of nitrogens with zero attached hydrogens (tertiary/aromatic N) is 1. The van der Waals surface area contributed by atoms with E-state index >= 15 is 0 Å². The van der Waals surface area contributed by atoms with Gasteiger partial charge in [0, 0.05) is 18.0 Å². The molecule has 2 N–H and O–H groups in total. The number of aromatic amines is 1. The van der Waals surface area contributed by atoms with Crippen LogP contribution in [0.15, 0.2) is 6.20 Å². The number of aromatic nitrogens is 2. The van der Waals surface area contributed by atoms with Crippen molar-refractivity contribution < 1.29 is 9.53 Å². The van der Waals surface area contributed by atoms with E-state index in [0.29, 0.717) is 11.6 Å². The van der Waals surface area contributed by atoms with Crippen LogP contribution in [-0.2, 0) is 4.74 Å². The fourth-order valence-electron chi connectivity index (χ4n) is 2.21. The van der Waals surface area contributed by atoms with Crippen LogP contribution in [0.5, 0.6) is 0 Å². The number of rotatable bonds is 2. The molecule has 1 unspecified atom stereocenters. The average molecular weight is 251 g/mol. The van der Waals surface area contributed by atoms with Crippen molar-refractivity contribution in [1.82, 2.24) is 15.5 Å². The Morgan fingerprint density at radius 3 is 2.89 bits per heavy atom. The molecule has 5 nitrogen and oxygen atoms in total. The number of esters is 1. The number of hydrogen-bond donors (Lipinski definition) is 2. The molecule has 1 fully saturated rings. The summed E-state index contributed by atoms with van der Waals surface area (Å²) < 4.78 is 5.38. The third-order valence-corrected chi connectivity index (χ3v) is 3.01. The normalized spacial score (nSPS) is 20.7. The molecule has 2 heterocycles. The monoisotopic (exact) mass is 251 g/mol. The third kappa shape index (κ3) is 3.10. The first kappa shape index (κ1) is 13.1. The Morgan fingerprint density at radius 2 is 2.28 bits per heavy atom. The first-order chi connectivity index (χ1) is 8.47. The van der Waals surface area contributed by atoms with E-state index < -0.39 is 5.60 Å². The van der Waals surface area contributed by atoms with Gasteiger partial charge in [0.15, 0.2) is 0 Å². The van der Waals surface area contributed by atoms with Crippen LogP contribution in [0.25, 0.3) is 0 Å². The third-order valence-electron chi connectivity index (χ3n) is 3.01. The van der Waals surface area contributed by atoms with Crippen molar-refractivity contribution in [3.8, 4) is 0 Å². The fourth-order valence-corrected chi connectivity index (χ4v) is 2.21. The number of carbonyl (C=O) groups excluding carboxylic acids is 1. The van der Waals surface area contributed by atoms with Crippen LogP contribution >= 0.6 is 0 Å². The second-order valence-corrected chi connectivity index (χ2v) is 5.75. The van der Waals surface area contributed by atoms with E-state index in [9.17, 15) is 4.79 Å². The van der Waals surface area contributed by atoms with Gasteiger partial charge in [-0.3, -0.25) is 5.10 Å². The van der Waals surface area contributed by atoms with Crippen molar-refractivity contribution in [3.05, 3.63) is 17.5 Å². The predicted molar refractivity (Wildman–Crippen MR) is 68.6 cm³/mol. The Labute approximate surface area is 107 Å². The summed E-state index contributed by atoms with van der Waals surface area (Å²) in [5, 5.41) is 10.1. The van der Waals surface area contributed by atoms with E-state index in [1.165, 1.54) is 0 Å². The zero-order chi connectivity index (χ0) is 13.2. The number of piperidine rings is 1. The number of nitrogens with one attached hydrogen (secondary N) is 2. The molecular weight excluding hydrogens is 230 g/mol. The van der Waals surface area contributed by atoms with Crippen LogP contribution in [0.3, 0.4) is 0 Å². The van der Waals surface area contributed by atoms with Crippen LogP contribution in [-0.4, -0.2) is 34.9 Å². The Morgan fingerprint density at radius 1 is 1.50 bits per heavy atom. The lowest BCUT2D eigenvalue weighted by molar-refractivity contribution is 0.00610. The Hall–Kier alpha value is -1.36. The second-order valence-electron chi connectivity index (χ2n) is 5.75. The molecule has 0 aliphatic carbocycles. The number of hydrogen-bond acceptors (Lipinski definition) is 4. The van der Waals surface area contributed by atoms with Gasteiger partial charge in [-0.15, -0.1) is 0 Å². The lowest BCUT2D eigenvalue weighted by Crippen LogP contribution is -2.30. The molecule has 1 aromatic rings. The summed E-state index contributed by atoms with van der Waals surface area (Å²) in [6.45, 7) is 7.54. The predicted octanol–water partition coefficient (Wildman–Crippen LogP) is 1.83. The minimum atomic E-state index is -0.482.